The lowest BCUT2D eigenvalue weighted by Crippen LogP contribution is -2.26. The van der Waals surface area contributed by atoms with E-state index in [0.717, 1.165) is 13.0 Å². The summed E-state index contributed by atoms with van der Waals surface area (Å²) in [5.74, 6) is -0.0139. The number of carbonyl (C=O) groups excluding carboxylic acids is 1. The van der Waals surface area contributed by atoms with E-state index in [-0.39, 0.29) is 5.78 Å². The van der Waals surface area contributed by atoms with Gasteiger partial charge in [0.2, 0.25) is 0 Å². The van der Waals surface area contributed by atoms with Crippen molar-refractivity contribution in [1.29, 1.82) is 5.41 Å². The van der Waals surface area contributed by atoms with E-state index >= 15 is 0 Å². The Morgan fingerprint density at radius 1 is 1.60 bits per heavy atom. The Morgan fingerprint density at radius 3 is 3.00 bits per heavy atom. The molecule has 0 spiro atoms. The first-order valence-corrected chi connectivity index (χ1v) is 3.49. The van der Waals surface area contributed by atoms with Crippen molar-refractivity contribution in [2.75, 3.05) is 20.1 Å². The molecule has 3 heteroatoms. The number of nitrogens with zero attached hydrogens (tertiary/aromatic N) is 1. The minimum Gasteiger partial charge on any atom is -0.302 e. The van der Waals surface area contributed by atoms with Crippen LogP contribution in [0.4, 0.5) is 0 Å². The Kier molecular flexibility index (Phi) is 2.17. The van der Waals surface area contributed by atoms with Crippen molar-refractivity contribution in [3.8, 4) is 0 Å². The average Bonchev–Trinajstić information content (AvgIpc) is 1.96. The molecule has 1 aliphatic rings. The molecule has 0 atom stereocenters. The Labute approximate surface area is 60.5 Å². The second-order valence-electron chi connectivity index (χ2n) is 2.74. The van der Waals surface area contributed by atoms with Gasteiger partial charge in [-0.3, -0.25) is 9.69 Å². The van der Waals surface area contributed by atoms with Crippen LogP contribution in [0.2, 0.25) is 0 Å². The van der Waals surface area contributed by atoms with Gasteiger partial charge in [0.1, 0.15) is 0 Å². The van der Waals surface area contributed by atoms with Gasteiger partial charge >= 0.3 is 0 Å². The predicted octanol–water partition coefficient (Wildman–Crippen LogP) is 0.301. The molecule has 3 nitrogen and oxygen atoms in total. The molecular weight excluding hydrogens is 128 g/mol. The van der Waals surface area contributed by atoms with Gasteiger partial charge in [0.15, 0.2) is 5.78 Å². The first kappa shape index (κ1) is 7.41. The van der Waals surface area contributed by atoms with Crippen molar-refractivity contribution in [1.82, 2.24) is 4.90 Å². The fourth-order valence-electron chi connectivity index (χ4n) is 1.08. The minimum atomic E-state index is -0.0139. The second-order valence-corrected chi connectivity index (χ2v) is 2.74. The van der Waals surface area contributed by atoms with E-state index < -0.39 is 0 Å². The molecule has 0 aromatic carbocycles. The minimum absolute atomic E-state index is 0.0139. The van der Waals surface area contributed by atoms with Crippen molar-refractivity contribution < 1.29 is 4.79 Å². The topological polar surface area (TPSA) is 44.2 Å². The molecule has 0 aromatic rings. The van der Waals surface area contributed by atoms with Crippen molar-refractivity contribution in [3.63, 3.8) is 0 Å². The lowest BCUT2D eigenvalue weighted by Gasteiger charge is -2.09. The number of likely N-dealkylation sites (N-methyl/N-ethyl adjacent to an activating group) is 1. The number of ketones is 1. The third-order valence-corrected chi connectivity index (χ3v) is 1.72. The van der Waals surface area contributed by atoms with Crippen LogP contribution >= 0.6 is 0 Å². The normalized spacial score (nSPS) is 22.9. The monoisotopic (exact) mass is 140 g/mol. The summed E-state index contributed by atoms with van der Waals surface area (Å²) in [6, 6.07) is 0. The van der Waals surface area contributed by atoms with Crippen LogP contribution in [0, 0.1) is 5.41 Å². The Bertz CT molecular complexity index is 165. The van der Waals surface area contributed by atoms with Crippen LogP contribution in [0.5, 0.6) is 0 Å². The van der Waals surface area contributed by atoms with Gasteiger partial charge < -0.3 is 5.41 Å². The highest BCUT2D eigenvalue weighted by atomic mass is 16.1. The maximum Gasteiger partial charge on any atom is 0.190 e. The molecular formula is C7H12N2O. The molecule has 0 unspecified atom stereocenters. The molecule has 0 aromatic heterocycles. The second kappa shape index (κ2) is 2.92. The number of rotatable bonds is 0. The molecule has 1 rings (SSSR count). The SMILES string of the molecule is CN1CCCC(=N)C(=O)C1. The molecule has 1 heterocycles. The van der Waals surface area contributed by atoms with Gasteiger partial charge in [0, 0.05) is 0 Å². The number of likely N-dealkylation sites (tertiary alicyclic amines) is 1. The van der Waals surface area contributed by atoms with Crippen LogP contribution in [0.25, 0.3) is 0 Å². The number of hydrogen-bond acceptors (Lipinski definition) is 3. The van der Waals surface area contributed by atoms with Crippen molar-refractivity contribution in [2.24, 2.45) is 0 Å². The lowest BCUT2D eigenvalue weighted by atomic mass is 10.2. The van der Waals surface area contributed by atoms with E-state index in [4.69, 9.17) is 5.41 Å². The Balaban J connectivity index is 2.57. The van der Waals surface area contributed by atoms with Gasteiger partial charge in [-0.25, -0.2) is 0 Å². The van der Waals surface area contributed by atoms with E-state index in [1.165, 1.54) is 0 Å². The maximum absolute atomic E-state index is 11.0. The van der Waals surface area contributed by atoms with E-state index in [1.54, 1.807) is 0 Å². The molecule has 0 saturated carbocycles. The summed E-state index contributed by atoms with van der Waals surface area (Å²) in [4.78, 5) is 12.9. The molecule has 0 radical (unpaired) electrons. The summed E-state index contributed by atoms with van der Waals surface area (Å²) >= 11 is 0. The van der Waals surface area contributed by atoms with Gasteiger partial charge in [0.25, 0.3) is 0 Å². The lowest BCUT2D eigenvalue weighted by molar-refractivity contribution is -0.113. The van der Waals surface area contributed by atoms with Crippen LogP contribution in [0.3, 0.4) is 0 Å². The van der Waals surface area contributed by atoms with Gasteiger partial charge in [-0.15, -0.1) is 0 Å². The number of hydrogen-bond donors (Lipinski definition) is 1. The molecule has 56 valence electrons. The molecule has 0 aliphatic carbocycles. The first-order valence-electron chi connectivity index (χ1n) is 3.49. The molecule has 1 aliphatic heterocycles. The number of nitrogens with one attached hydrogen (secondary N) is 1. The van der Waals surface area contributed by atoms with E-state index in [2.05, 4.69) is 0 Å². The molecule has 1 saturated heterocycles. The molecule has 0 amide bonds. The van der Waals surface area contributed by atoms with Crippen LogP contribution in [-0.4, -0.2) is 36.5 Å². The largest absolute Gasteiger partial charge is 0.302 e. The van der Waals surface area contributed by atoms with Gasteiger partial charge in [-0.2, -0.15) is 0 Å². The van der Waals surface area contributed by atoms with Crippen LogP contribution in [-0.2, 0) is 4.79 Å². The van der Waals surface area contributed by atoms with Crippen molar-refractivity contribution in [3.05, 3.63) is 0 Å². The predicted molar refractivity (Wildman–Crippen MR) is 39.5 cm³/mol. The van der Waals surface area contributed by atoms with Crippen molar-refractivity contribution >= 4 is 11.5 Å². The highest BCUT2D eigenvalue weighted by Gasteiger charge is 2.15. The molecule has 1 N–H and O–H groups in total. The average molecular weight is 140 g/mol. The van der Waals surface area contributed by atoms with Gasteiger partial charge in [-0.1, -0.05) is 0 Å². The maximum atomic E-state index is 11.0. The smallest absolute Gasteiger partial charge is 0.190 e. The summed E-state index contributed by atoms with van der Waals surface area (Å²) in [6.07, 6.45) is 1.60. The zero-order chi connectivity index (χ0) is 7.56. The molecule has 1 fully saturated rings. The summed E-state index contributed by atoms with van der Waals surface area (Å²) in [5, 5.41) is 7.25. The zero-order valence-electron chi connectivity index (χ0n) is 6.18. The number of carbonyl (C=O) groups is 1. The molecule has 10 heavy (non-hydrogen) atoms. The van der Waals surface area contributed by atoms with Crippen LogP contribution in [0.1, 0.15) is 12.8 Å². The van der Waals surface area contributed by atoms with Crippen LogP contribution < -0.4 is 0 Å². The summed E-state index contributed by atoms with van der Waals surface area (Å²) in [5.41, 5.74) is 0.296. The Hall–Kier alpha value is -0.700. The summed E-state index contributed by atoms with van der Waals surface area (Å²) in [6.45, 7) is 1.37. The highest BCUT2D eigenvalue weighted by Crippen LogP contribution is 2.01. The van der Waals surface area contributed by atoms with Gasteiger partial charge in [-0.05, 0) is 26.4 Å². The summed E-state index contributed by atoms with van der Waals surface area (Å²) < 4.78 is 0. The highest BCUT2D eigenvalue weighted by molar-refractivity contribution is 6.39. The third-order valence-electron chi connectivity index (χ3n) is 1.72. The standard InChI is InChI=1S/C7H12N2O/c1-9-4-2-3-6(8)7(10)5-9/h8H,2-5H2,1H3. The third kappa shape index (κ3) is 1.64. The van der Waals surface area contributed by atoms with E-state index in [1.807, 2.05) is 11.9 Å². The fraction of sp³-hybridized carbons (Fsp3) is 0.714. The van der Waals surface area contributed by atoms with E-state index in [0.29, 0.717) is 18.7 Å². The fourth-order valence-corrected chi connectivity index (χ4v) is 1.08. The quantitative estimate of drug-likeness (QED) is 0.526. The van der Waals surface area contributed by atoms with Crippen LogP contribution in [0.15, 0.2) is 0 Å². The zero-order valence-corrected chi connectivity index (χ0v) is 6.18. The number of Topliss-reactive ketones (excluding diaryl/α,β-unsaturated/α-hetero) is 1. The van der Waals surface area contributed by atoms with E-state index in [9.17, 15) is 4.79 Å². The first-order chi connectivity index (χ1) is 4.70. The molecule has 0 bridgehead atoms. The Morgan fingerprint density at radius 2 is 2.30 bits per heavy atom. The summed E-state index contributed by atoms with van der Waals surface area (Å²) in [7, 11) is 1.91. The van der Waals surface area contributed by atoms with Crippen molar-refractivity contribution in [2.45, 2.75) is 12.8 Å². The van der Waals surface area contributed by atoms with Gasteiger partial charge in [0.05, 0.1) is 12.3 Å².